The fourth-order valence-corrected chi connectivity index (χ4v) is 4.89. The highest BCUT2D eigenvalue weighted by Crippen LogP contribution is 2.37. The molecule has 0 aliphatic carbocycles. The highest BCUT2D eigenvalue weighted by atomic mass is 35.5. The summed E-state index contributed by atoms with van der Waals surface area (Å²) in [5.41, 5.74) is 0. The SMILES string of the molecule is C[Si](C)(C)C1(CCCCl)CCCCO1. The monoisotopic (exact) mass is 234 g/mol. The first-order chi connectivity index (χ1) is 6.52. The van der Waals surface area contributed by atoms with E-state index in [0.717, 1.165) is 18.9 Å². The van der Waals surface area contributed by atoms with E-state index in [1.165, 1.54) is 25.7 Å². The van der Waals surface area contributed by atoms with Gasteiger partial charge in [-0.2, -0.15) is 0 Å². The Balaban J connectivity index is 2.67. The van der Waals surface area contributed by atoms with Gasteiger partial charge in [-0.15, -0.1) is 11.6 Å². The van der Waals surface area contributed by atoms with Crippen molar-refractivity contribution < 1.29 is 4.74 Å². The average molecular weight is 235 g/mol. The van der Waals surface area contributed by atoms with Gasteiger partial charge in [0, 0.05) is 12.5 Å². The molecular formula is C11H23ClOSi. The molecule has 0 aromatic heterocycles. The Morgan fingerprint density at radius 2 is 2.00 bits per heavy atom. The summed E-state index contributed by atoms with van der Waals surface area (Å²) in [5, 5.41) is 0.222. The largest absolute Gasteiger partial charge is 0.378 e. The van der Waals surface area contributed by atoms with Crippen LogP contribution in [0, 0.1) is 0 Å². The van der Waals surface area contributed by atoms with Crippen LogP contribution in [0.15, 0.2) is 0 Å². The van der Waals surface area contributed by atoms with Crippen molar-refractivity contribution in [3.63, 3.8) is 0 Å². The van der Waals surface area contributed by atoms with E-state index in [1.54, 1.807) is 0 Å². The molecule has 3 heteroatoms. The fourth-order valence-electron chi connectivity index (χ4n) is 2.37. The molecule has 1 aliphatic rings. The third-order valence-electron chi connectivity index (χ3n) is 3.43. The van der Waals surface area contributed by atoms with Crippen LogP contribution in [0.3, 0.4) is 0 Å². The molecule has 1 saturated heterocycles. The minimum Gasteiger partial charge on any atom is -0.378 e. The minimum absolute atomic E-state index is 0.222. The Morgan fingerprint density at radius 3 is 2.43 bits per heavy atom. The predicted octanol–water partition coefficient (Wildman–Crippen LogP) is 3.82. The van der Waals surface area contributed by atoms with E-state index in [-0.39, 0.29) is 5.22 Å². The zero-order valence-corrected chi connectivity index (χ0v) is 11.5. The maximum atomic E-state index is 6.14. The van der Waals surface area contributed by atoms with Crippen molar-refractivity contribution in [1.29, 1.82) is 0 Å². The average Bonchev–Trinajstić information content (AvgIpc) is 2.14. The topological polar surface area (TPSA) is 9.23 Å². The summed E-state index contributed by atoms with van der Waals surface area (Å²) in [6, 6.07) is 0. The lowest BCUT2D eigenvalue weighted by Gasteiger charge is -2.46. The summed E-state index contributed by atoms with van der Waals surface area (Å²) in [6.07, 6.45) is 6.12. The predicted molar refractivity (Wildman–Crippen MR) is 65.8 cm³/mol. The molecule has 0 aromatic rings. The summed E-state index contributed by atoms with van der Waals surface area (Å²) < 4.78 is 6.14. The molecule has 0 radical (unpaired) electrons. The second kappa shape index (κ2) is 5.00. The fraction of sp³-hybridized carbons (Fsp3) is 1.00. The molecule has 0 aromatic carbocycles. The molecule has 0 bridgehead atoms. The zero-order valence-electron chi connectivity index (χ0n) is 9.74. The first-order valence-electron chi connectivity index (χ1n) is 5.72. The molecule has 0 spiro atoms. The van der Waals surface area contributed by atoms with Crippen molar-refractivity contribution in [2.45, 2.75) is 57.0 Å². The second-order valence-electron chi connectivity index (χ2n) is 5.34. The summed E-state index contributed by atoms with van der Waals surface area (Å²) in [6.45, 7) is 8.23. The van der Waals surface area contributed by atoms with Gasteiger partial charge < -0.3 is 4.74 Å². The van der Waals surface area contributed by atoms with Crippen molar-refractivity contribution in [2.24, 2.45) is 0 Å². The third kappa shape index (κ3) is 2.74. The first-order valence-corrected chi connectivity index (χ1v) is 9.75. The molecule has 1 aliphatic heterocycles. The van der Waals surface area contributed by atoms with Crippen LogP contribution in [0.25, 0.3) is 0 Å². The normalized spacial score (nSPS) is 29.1. The smallest absolute Gasteiger partial charge is 0.0824 e. The molecule has 1 unspecified atom stereocenters. The van der Waals surface area contributed by atoms with E-state index in [0.29, 0.717) is 0 Å². The Hall–Kier alpha value is 0.467. The van der Waals surface area contributed by atoms with Gasteiger partial charge in [-0.3, -0.25) is 0 Å². The van der Waals surface area contributed by atoms with Crippen molar-refractivity contribution >= 4 is 19.7 Å². The van der Waals surface area contributed by atoms with Crippen molar-refractivity contribution in [3.8, 4) is 0 Å². The quantitative estimate of drug-likeness (QED) is 0.531. The first kappa shape index (κ1) is 12.5. The summed E-state index contributed by atoms with van der Waals surface area (Å²) in [5.74, 6) is 0.773. The molecule has 84 valence electrons. The number of ether oxygens (including phenoxy) is 1. The molecule has 0 saturated carbocycles. The molecule has 1 heterocycles. The van der Waals surface area contributed by atoms with Gasteiger partial charge in [0.1, 0.15) is 0 Å². The standard InChI is InChI=1S/C11H23ClOSi/c1-14(2,3)11(8-6-9-12)7-4-5-10-13-11/h4-10H2,1-3H3. The third-order valence-corrected chi connectivity index (χ3v) is 7.08. The van der Waals surface area contributed by atoms with Crippen LogP contribution in [0.2, 0.25) is 19.6 Å². The van der Waals surface area contributed by atoms with Crippen molar-refractivity contribution in [2.75, 3.05) is 12.5 Å². The lowest BCUT2D eigenvalue weighted by atomic mass is 10.0. The van der Waals surface area contributed by atoms with E-state index in [9.17, 15) is 0 Å². The Kier molecular flexibility index (Phi) is 4.47. The van der Waals surface area contributed by atoms with E-state index in [1.807, 2.05) is 0 Å². The van der Waals surface area contributed by atoms with Gasteiger partial charge in [0.25, 0.3) is 0 Å². The zero-order chi connectivity index (χ0) is 10.7. The molecule has 14 heavy (non-hydrogen) atoms. The molecule has 1 rings (SSSR count). The summed E-state index contributed by atoms with van der Waals surface area (Å²) in [7, 11) is -1.22. The Morgan fingerprint density at radius 1 is 1.29 bits per heavy atom. The van der Waals surface area contributed by atoms with Gasteiger partial charge in [0.2, 0.25) is 0 Å². The molecule has 0 N–H and O–H groups in total. The number of hydrogen-bond acceptors (Lipinski definition) is 1. The molecule has 1 fully saturated rings. The van der Waals surface area contributed by atoms with E-state index < -0.39 is 8.07 Å². The molecule has 0 amide bonds. The van der Waals surface area contributed by atoms with Crippen molar-refractivity contribution in [3.05, 3.63) is 0 Å². The van der Waals surface area contributed by atoms with Crippen LogP contribution < -0.4 is 0 Å². The van der Waals surface area contributed by atoms with Crippen LogP contribution in [-0.4, -0.2) is 25.8 Å². The van der Waals surface area contributed by atoms with Gasteiger partial charge in [-0.1, -0.05) is 19.6 Å². The number of hydrogen-bond donors (Lipinski definition) is 0. The number of rotatable bonds is 4. The number of halogens is 1. The molecular weight excluding hydrogens is 212 g/mol. The van der Waals surface area contributed by atoms with Crippen LogP contribution >= 0.6 is 11.6 Å². The summed E-state index contributed by atoms with van der Waals surface area (Å²) in [4.78, 5) is 0. The summed E-state index contributed by atoms with van der Waals surface area (Å²) >= 11 is 5.79. The van der Waals surface area contributed by atoms with Crippen LogP contribution in [0.5, 0.6) is 0 Å². The maximum absolute atomic E-state index is 6.14. The van der Waals surface area contributed by atoms with Gasteiger partial charge in [-0.25, -0.2) is 0 Å². The maximum Gasteiger partial charge on any atom is 0.0824 e. The molecule has 1 atom stereocenters. The lowest BCUT2D eigenvalue weighted by Crippen LogP contribution is -2.55. The van der Waals surface area contributed by atoms with Gasteiger partial charge >= 0.3 is 0 Å². The van der Waals surface area contributed by atoms with Gasteiger partial charge in [0.15, 0.2) is 0 Å². The van der Waals surface area contributed by atoms with Crippen LogP contribution in [0.4, 0.5) is 0 Å². The van der Waals surface area contributed by atoms with E-state index in [2.05, 4.69) is 19.6 Å². The number of alkyl halides is 1. The Bertz CT molecular complexity index is 171. The second-order valence-corrected chi connectivity index (χ2v) is 11.1. The minimum atomic E-state index is -1.22. The van der Waals surface area contributed by atoms with E-state index in [4.69, 9.17) is 16.3 Å². The highest BCUT2D eigenvalue weighted by molar-refractivity contribution is 6.79. The van der Waals surface area contributed by atoms with Gasteiger partial charge in [-0.05, 0) is 32.1 Å². The Labute approximate surface area is 94.2 Å². The van der Waals surface area contributed by atoms with E-state index >= 15 is 0 Å². The van der Waals surface area contributed by atoms with Crippen LogP contribution in [-0.2, 0) is 4.74 Å². The van der Waals surface area contributed by atoms with Crippen molar-refractivity contribution in [1.82, 2.24) is 0 Å². The van der Waals surface area contributed by atoms with Gasteiger partial charge in [0.05, 0.1) is 13.3 Å². The lowest BCUT2D eigenvalue weighted by molar-refractivity contribution is -0.0312. The van der Waals surface area contributed by atoms with Crippen LogP contribution in [0.1, 0.15) is 32.1 Å². The molecule has 1 nitrogen and oxygen atoms in total. The highest BCUT2D eigenvalue weighted by Gasteiger charge is 2.44.